The van der Waals surface area contributed by atoms with Crippen LogP contribution in [0.3, 0.4) is 0 Å². The Hall–Kier alpha value is -2.01. The van der Waals surface area contributed by atoms with Gasteiger partial charge in [-0.2, -0.15) is 0 Å². The molecule has 94 valence electrons. The number of halogens is 2. The molecule has 0 radical (unpaired) electrons. The van der Waals surface area contributed by atoms with E-state index < -0.39 is 17.7 Å². The second kappa shape index (κ2) is 4.70. The highest BCUT2D eigenvalue weighted by Crippen LogP contribution is 2.28. The molecule has 3 N–H and O–H groups in total. The van der Waals surface area contributed by atoms with Crippen molar-refractivity contribution in [3.05, 3.63) is 58.8 Å². The van der Waals surface area contributed by atoms with E-state index in [0.717, 1.165) is 17.7 Å². The summed E-state index contributed by atoms with van der Waals surface area (Å²) in [6, 6.07) is 4.92. The quantitative estimate of drug-likeness (QED) is 0.860. The van der Waals surface area contributed by atoms with Crippen LogP contribution in [-0.4, -0.2) is 10.1 Å². The number of nitrogens with zero attached hydrogens (tertiary/aromatic N) is 1. The second-order valence-corrected chi connectivity index (χ2v) is 4.00. The Morgan fingerprint density at radius 2 is 1.94 bits per heavy atom. The van der Waals surface area contributed by atoms with E-state index in [0.29, 0.717) is 5.56 Å². The number of anilines is 1. The van der Waals surface area contributed by atoms with Crippen molar-refractivity contribution in [1.82, 2.24) is 4.98 Å². The fraction of sp³-hybridized carbons (Fsp3) is 0.154. The van der Waals surface area contributed by atoms with Crippen LogP contribution in [0.2, 0.25) is 0 Å². The predicted molar refractivity (Wildman–Crippen MR) is 63.8 cm³/mol. The summed E-state index contributed by atoms with van der Waals surface area (Å²) in [5.41, 5.74) is 7.06. The van der Waals surface area contributed by atoms with Crippen LogP contribution in [0, 0.1) is 18.6 Å². The van der Waals surface area contributed by atoms with E-state index in [1.807, 2.05) is 0 Å². The smallest absolute Gasteiger partial charge is 0.159 e. The molecule has 1 aromatic heterocycles. The zero-order valence-electron chi connectivity index (χ0n) is 9.69. The Morgan fingerprint density at radius 3 is 2.56 bits per heavy atom. The highest BCUT2D eigenvalue weighted by Gasteiger charge is 2.18. The monoisotopic (exact) mass is 250 g/mol. The van der Waals surface area contributed by atoms with Gasteiger partial charge in [-0.25, -0.2) is 13.8 Å². The summed E-state index contributed by atoms with van der Waals surface area (Å²) in [5, 5.41) is 10.2. The molecule has 18 heavy (non-hydrogen) atoms. The fourth-order valence-electron chi connectivity index (χ4n) is 1.80. The Morgan fingerprint density at radius 1 is 1.22 bits per heavy atom. The molecule has 3 nitrogen and oxygen atoms in total. The first-order chi connectivity index (χ1) is 8.50. The Kier molecular flexibility index (Phi) is 3.25. The largest absolute Gasteiger partial charge is 0.384 e. The summed E-state index contributed by atoms with van der Waals surface area (Å²) in [6.45, 7) is 1.76. The van der Waals surface area contributed by atoms with E-state index in [4.69, 9.17) is 5.73 Å². The van der Waals surface area contributed by atoms with Gasteiger partial charge in [-0.3, -0.25) is 0 Å². The summed E-state index contributed by atoms with van der Waals surface area (Å²) < 4.78 is 26.0. The van der Waals surface area contributed by atoms with Crippen molar-refractivity contribution >= 4 is 5.82 Å². The standard InChI is InChI=1S/C13H12F2N2O/c1-7-4-5-17-13(16)11(7)12(18)8-2-3-9(14)10(15)6-8/h2-6,12,18H,1H3,(H2,16,17). The van der Waals surface area contributed by atoms with Crippen molar-refractivity contribution in [1.29, 1.82) is 0 Å². The first-order valence-electron chi connectivity index (χ1n) is 5.34. The van der Waals surface area contributed by atoms with Gasteiger partial charge in [-0.05, 0) is 36.2 Å². The molecule has 2 rings (SSSR count). The first kappa shape index (κ1) is 12.4. The lowest BCUT2D eigenvalue weighted by Crippen LogP contribution is -2.08. The molecule has 1 unspecified atom stereocenters. The average Bonchev–Trinajstić information content (AvgIpc) is 2.32. The maximum Gasteiger partial charge on any atom is 0.159 e. The van der Waals surface area contributed by atoms with Crippen LogP contribution in [0.5, 0.6) is 0 Å². The van der Waals surface area contributed by atoms with Crippen LogP contribution in [0.15, 0.2) is 30.5 Å². The van der Waals surface area contributed by atoms with Crippen molar-refractivity contribution < 1.29 is 13.9 Å². The van der Waals surface area contributed by atoms with Gasteiger partial charge >= 0.3 is 0 Å². The highest BCUT2D eigenvalue weighted by molar-refractivity contribution is 5.48. The lowest BCUT2D eigenvalue weighted by Gasteiger charge is -2.15. The van der Waals surface area contributed by atoms with Crippen molar-refractivity contribution in [3.63, 3.8) is 0 Å². The fourth-order valence-corrected chi connectivity index (χ4v) is 1.80. The van der Waals surface area contributed by atoms with Crippen LogP contribution in [0.4, 0.5) is 14.6 Å². The van der Waals surface area contributed by atoms with Crippen molar-refractivity contribution in [3.8, 4) is 0 Å². The molecule has 0 aliphatic carbocycles. The molecule has 0 bridgehead atoms. The number of rotatable bonds is 2. The molecular formula is C13H12F2N2O. The van der Waals surface area contributed by atoms with E-state index in [1.54, 1.807) is 13.0 Å². The molecule has 0 spiro atoms. The lowest BCUT2D eigenvalue weighted by atomic mass is 9.98. The van der Waals surface area contributed by atoms with Gasteiger partial charge in [0.25, 0.3) is 0 Å². The number of pyridine rings is 1. The van der Waals surface area contributed by atoms with Gasteiger partial charge in [0.15, 0.2) is 11.6 Å². The Labute approximate surface area is 103 Å². The van der Waals surface area contributed by atoms with E-state index in [2.05, 4.69) is 4.98 Å². The molecule has 0 saturated carbocycles. The molecular weight excluding hydrogens is 238 g/mol. The maximum atomic E-state index is 13.1. The van der Waals surface area contributed by atoms with E-state index in [-0.39, 0.29) is 11.4 Å². The average molecular weight is 250 g/mol. The Balaban J connectivity index is 2.48. The zero-order valence-corrected chi connectivity index (χ0v) is 9.69. The zero-order chi connectivity index (χ0) is 13.3. The van der Waals surface area contributed by atoms with Gasteiger partial charge in [-0.15, -0.1) is 0 Å². The number of hydrogen-bond acceptors (Lipinski definition) is 3. The van der Waals surface area contributed by atoms with Crippen molar-refractivity contribution in [2.75, 3.05) is 5.73 Å². The number of benzene rings is 1. The maximum absolute atomic E-state index is 13.1. The summed E-state index contributed by atoms with van der Waals surface area (Å²) in [7, 11) is 0. The highest BCUT2D eigenvalue weighted by atomic mass is 19.2. The summed E-state index contributed by atoms with van der Waals surface area (Å²) >= 11 is 0. The van der Waals surface area contributed by atoms with Gasteiger partial charge < -0.3 is 10.8 Å². The lowest BCUT2D eigenvalue weighted by molar-refractivity contribution is 0.219. The van der Waals surface area contributed by atoms with Crippen LogP contribution < -0.4 is 5.73 Å². The molecule has 0 amide bonds. The molecule has 0 fully saturated rings. The minimum absolute atomic E-state index is 0.173. The third-order valence-corrected chi connectivity index (χ3v) is 2.77. The van der Waals surface area contributed by atoms with Crippen LogP contribution in [0.1, 0.15) is 22.8 Å². The van der Waals surface area contributed by atoms with Crippen molar-refractivity contribution in [2.24, 2.45) is 0 Å². The number of nitrogens with two attached hydrogens (primary N) is 1. The summed E-state index contributed by atoms with van der Waals surface area (Å²) in [6.07, 6.45) is 0.389. The van der Waals surface area contributed by atoms with Crippen LogP contribution >= 0.6 is 0 Å². The molecule has 0 aliphatic rings. The van der Waals surface area contributed by atoms with Gasteiger partial charge in [0, 0.05) is 11.8 Å². The topological polar surface area (TPSA) is 59.1 Å². The SMILES string of the molecule is Cc1ccnc(N)c1C(O)c1ccc(F)c(F)c1. The number of aliphatic hydroxyl groups excluding tert-OH is 1. The number of hydrogen-bond donors (Lipinski definition) is 2. The van der Waals surface area contributed by atoms with Crippen LogP contribution in [-0.2, 0) is 0 Å². The predicted octanol–water partition coefficient (Wildman–Crippen LogP) is 2.33. The van der Waals surface area contributed by atoms with Gasteiger partial charge in [-0.1, -0.05) is 6.07 Å². The van der Waals surface area contributed by atoms with Gasteiger partial charge in [0.1, 0.15) is 11.9 Å². The normalized spacial score (nSPS) is 12.4. The summed E-state index contributed by atoms with van der Waals surface area (Å²) in [4.78, 5) is 3.88. The van der Waals surface area contributed by atoms with Crippen LogP contribution in [0.25, 0.3) is 0 Å². The molecule has 0 saturated heterocycles. The molecule has 0 aliphatic heterocycles. The molecule has 1 atom stereocenters. The van der Waals surface area contributed by atoms with E-state index in [1.165, 1.54) is 12.3 Å². The minimum atomic E-state index is -1.13. The summed E-state index contributed by atoms with van der Waals surface area (Å²) in [5.74, 6) is -1.79. The second-order valence-electron chi connectivity index (χ2n) is 4.00. The molecule has 5 heteroatoms. The van der Waals surface area contributed by atoms with Crippen molar-refractivity contribution in [2.45, 2.75) is 13.0 Å². The number of aryl methyl sites for hydroxylation is 1. The van der Waals surface area contributed by atoms with Gasteiger partial charge in [0.2, 0.25) is 0 Å². The van der Waals surface area contributed by atoms with E-state index in [9.17, 15) is 13.9 Å². The molecule has 2 aromatic rings. The molecule has 1 heterocycles. The third kappa shape index (κ3) is 2.17. The first-order valence-corrected chi connectivity index (χ1v) is 5.34. The number of aliphatic hydroxyl groups is 1. The third-order valence-electron chi connectivity index (χ3n) is 2.77. The van der Waals surface area contributed by atoms with E-state index >= 15 is 0 Å². The molecule has 1 aromatic carbocycles. The Bertz CT molecular complexity index is 567. The minimum Gasteiger partial charge on any atom is -0.384 e. The number of nitrogen functional groups attached to an aromatic ring is 1. The number of aromatic nitrogens is 1. The van der Waals surface area contributed by atoms with Gasteiger partial charge in [0.05, 0.1) is 0 Å².